The van der Waals surface area contributed by atoms with Crippen molar-refractivity contribution in [3.63, 3.8) is 0 Å². The van der Waals surface area contributed by atoms with Crippen LogP contribution >= 0.6 is 0 Å². The Morgan fingerprint density at radius 1 is 0.206 bits per heavy atom. The molecule has 0 radical (unpaired) electrons. The molecule has 384 valence electrons. The van der Waals surface area contributed by atoms with Gasteiger partial charge < -0.3 is 48.2 Å². The van der Waals surface area contributed by atoms with E-state index in [4.69, 9.17) is 0 Å². The summed E-state index contributed by atoms with van der Waals surface area (Å²) in [6.45, 7) is 6.80. The highest BCUT2D eigenvalue weighted by molar-refractivity contribution is 5.64. The quantitative estimate of drug-likeness (QED) is 0.0502. The van der Waals surface area contributed by atoms with Crippen LogP contribution in [-0.4, -0.2) is 17.9 Å². The number of unbranched alkanes of at least 4 members (excludes halogenated alkanes) is 42. The molecular weight excluding hydrogens is 787 g/mol. The summed E-state index contributed by atoms with van der Waals surface area (Å²) in [5.74, 6) is -2.71. The SMILES string of the molecule is CCCCCCCCCCCCCCCCCC(=O)[O-].CCCCCCCCCCCCCCCCCC(=O)[O-].CCCCCCCCCCCCCCCCCC(=O)[O-].[NH4+].[NH4+].[NH4+]. The normalized spacial score (nSPS) is 10.3. The molecule has 63 heavy (non-hydrogen) atoms. The number of quaternary nitrogens is 3. The zero-order valence-corrected chi connectivity index (χ0v) is 43.9. The number of carboxylic acids is 3. The monoisotopic (exact) mass is 904 g/mol. The van der Waals surface area contributed by atoms with Gasteiger partial charge in [-0.3, -0.25) is 0 Å². The molecule has 9 heteroatoms. The van der Waals surface area contributed by atoms with Crippen LogP contribution in [0.3, 0.4) is 0 Å². The van der Waals surface area contributed by atoms with Crippen molar-refractivity contribution in [2.24, 2.45) is 0 Å². The van der Waals surface area contributed by atoms with Crippen LogP contribution in [0.1, 0.15) is 329 Å². The summed E-state index contributed by atoms with van der Waals surface area (Å²) in [5, 5.41) is 30.7. The smallest absolute Gasteiger partial charge is 0.0414 e. The second-order valence-electron chi connectivity index (χ2n) is 18.2. The fourth-order valence-electron chi connectivity index (χ4n) is 7.92. The van der Waals surface area contributed by atoms with Crippen molar-refractivity contribution in [3.05, 3.63) is 0 Å². The number of hydrogen-bond donors (Lipinski definition) is 3. The molecule has 0 rings (SSSR count). The minimum atomic E-state index is -0.903. The van der Waals surface area contributed by atoms with E-state index in [0.717, 1.165) is 38.5 Å². The highest BCUT2D eigenvalue weighted by atomic mass is 16.4. The van der Waals surface area contributed by atoms with Crippen molar-refractivity contribution in [1.29, 1.82) is 0 Å². The molecule has 9 nitrogen and oxygen atoms in total. The predicted molar refractivity (Wildman–Crippen MR) is 272 cm³/mol. The van der Waals surface area contributed by atoms with E-state index in [0.29, 0.717) is 0 Å². The lowest BCUT2D eigenvalue weighted by Gasteiger charge is -2.04. The number of hydrogen-bond acceptors (Lipinski definition) is 6. The number of carboxylic acid groups (broad SMARTS) is 3. The molecule has 0 fully saturated rings. The highest BCUT2D eigenvalue weighted by Crippen LogP contribution is 2.16. The molecular formula is C54H117N3O6. The van der Waals surface area contributed by atoms with E-state index in [1.807, 2.05) is 0 Å². The Labute approximate surface area is 393 Å². The first kappa shape index (κ1) is 72.9. The molecule has 0 amide bonds. The summed E-state index contributed by atoms with van der Waals surface area (Å²) in [7, 11) is 0. The Hall–Kier alpha value is -1.71. The standard InChI is InChI=1S/3C18H36O2.3H3N/c3*1-2-3-4-5-6-7-8-9-10-11-12-13-14-15-16-17-18(19)20;;;/h3*2-17H2,1H3,(H,19,20);3*1H3. The summed E-state index contributed by atoms with van der Waals surface area (Å²) in [5.41, 5.74) is 0. The van der Waals surface area contributed by atoms with E-state index >= 15 is 0 Å². The topological polar surface area (TPSA) is 230 Å². The van der Waals surface area contributed by atoms with Crippen LogP contribution in [0, 0.1) is 0 Å². The summed E-state index contributed by atoms with van der Waals surface area (Å²) in [6.07, 6.45) is 59.6. The van der Waals surface area contributed by atoms with Crippen molar-refractivity contribution in [2.45, 2.75) is 329 Å². The van der Waals surface area contributed by atoms with Crippen LogP contribution in [0.4, 0.5) is 0 Å². The van der Waals surface area contributed by atoms with E-state index in [-0.39, 0.29) is 37.7 Å². The second kappa shape index (κ2) is 69.3. The number of aliphatic carboxylic acids is 3. The van der Waals surface area contributed by atoms with Crippen LogP contribution < -0.4 is 33.8 Å². The fourth-order valence-corrected chi connectivity index (χ4v) is 7.92. The van der Waals surface area contributed by atoms with Crippen LogP contribution in [-0.2, 0) is 14.4 Å². The molecule has 0 bridgehead atoms. The Morgan fingerprint density at radius 2 is 0.302 bits per heavy atom. The molecule has 0 atom stereocenters. The van der Waals surface area contributed by atoms with E-state index in [9.17, 15) is 29.7 Å². The van der Waals surface area contributed by atoms with Gasteiger partial charge in [-0.15, -0.1) is 0 Å². The van der Waals surface area contributed by atoms with Crippen molar-refractivity contribution in [3.8, 4) is 0 Å². The molecule has 0 spiro atoms. The van der Waals surface area contributed by atoms with Crippen molar-refractivity contribution in [2.75, 3.05) is 0 Å². The molecule has 0 saturated heterocycles. The van der Waals surface area contributed by atoms with Gasteiger partial charge in [-0.05, 0) is 38.5 Å². The minimum Gasteiger partial charge on any atom is -0.550 e. The molecule has 0 aliphatic rings. The summed E-state index contributed by atoms with van der Waals surface area (Å²) >= 11 is 0. The van der Waals surface area contributed by atoms with Gasteiger partial charge in [0.05, 0.1) is 0 Å². The van der Waals surface area contributed by atoms with E-state index in [1.165, 1.54) is 250 Å². The average Bonchev–Trinajstić information content (AvgIpc) is 3.22. The van der Waals surface area contributed by atoms with Crippen molar-refractivity contribution < 1.29 is 29.7 Å². The third-order valence-corrected chi connectivity index (χ3v) is 12.0. The zero-order valence-electron chi connectivity index (χ0n) is 43.9. The summed E-state index contributed by atoms with van der Waals surface area (Å²) in [4.78, 5) is 30.7. The summed E-state index contributed by atoms with van der Waals surface area (Å²) in [6, 6.07) is 0. The maximum atomic E-state index is 10.2. The third kappa shape index (κ3) is 84.3. The zero-order chi connectivity index (χ0) is 44.7. The van der Waals surface area contributed by atoms with Crippen molar-refractivity contribution >= 4 is 17.9 Å². The van der Waals surface area contributed by atoms with Crippen molar-refractivity contribution in [1.82, 2.24) is 18.5 Å². The van der Waals surface area contributed by atoms with Gasteiger partial charge in [-0.2, -0.15) is 0 Å². The summed E-state index contributed by atoms with van der Waals surface area (Å²) < 4.78 is 0. The lowest BCUT2D eigenvalue weighted by molar-refractivity contribution is -0.307. The molecule has 0 aliphatic carbocycles. The van der Waals surface area contributed by atoms with Crippen LogP contribution in [0.15, 0.2) is 0 Å². The second-order valence-corrected chi connectivity index (χ2v) is 18.2. The Bertz CT molecular complexity index is 727. The lowest BCUT2D eigenvalue weighted by Crippen LogP contribution is -2.21. The molecule has 0 aliphatic heterocycles. The van der Waals surface area contributed by atoms with E-state index < -0.39 is 17.9 Å². The van der Waals surface area contributed by atoms with E-state index in [2.05, 4.69) is 20.8 Å². The predicted octanol–water partition coefficient (Wildman–Crippen LogP) is 16.1. The number of rotatable bonds is 48. The van der Waals surface area contributed by atoms with Crippen LogP contribution in [0.25, 0.3) is 0 Å². The first-order valence-corrected chi connectivity index (χ1v) is 26.9. The fraction of sp³-hybridized carbons (Fsp3) is 0.944. The van der Waals surface area contributed by atoms with Gasteiger partial charge in [0.15, 0.2) is 0 Å². The molecule has 0 unspecified atom stereocenters. The van der Waals surface area contributed by atoms with Gasteiger partial charge in [-0.25, -0.2) is 0 Å². The molecule has 0 saturated carbocycles. The first-order valence-electron chi connectivity index (χ1n) is 26.9. The molecule has 0 heterocycles. The van der Waals surface area contributed by atoms with Crippen LogP contribution in [0.5, 0.6) is 0 Å². The Kier molecular flexibility index (Phi) is 80.2. The lowest BCUT2D eigenvalue weighted by atomic mass is 10.0. The van der Waals surface area contributed by atoms with Crippen LogP contribution in [0.2, 0.25) is 0 Å². The van der Waals surface area contributed by atoms with Gasteiger partial charge in [0.2, 0.25) is 0 Å². The molecule has 0 aromatic heterocycles. The van der Waals surface area contributed by atoms with Gasteiger partial charge in [0, 0.05) is 17.9 Å². The Balaban J connectivity index is -0.000000189. The van der Waals surface area contributed by atoms with Gasteiger partial charge in [0.1, 0.15) is 0 Å². The minimum absolute atomic E-state index is 0. The van der Waals surface area contributed by atoms with Gasteiger partial charge in [-0.1, -0.05) is 290 Å². The average molecular weight is 905 g/mol. The van der Waals surface area contributed by atoms with E-state index in [1.54, 1.807) is 0 Å². The highest BCUT2D eigenvalue weighted by Gasteiger charge is 1.98. The maximum Gasteiger partial charge on any atom is 0.0414 e. The first-order chi connectivity index (χ1) is 29.3. The van der Waals surface area contributed by atoms with Gasteiger partial charge in [0.25, 0.3) is 0 Å². The third-order valence-electron chi connectivity index (χ3n) is 12.0. The number of carbonyl (C=O) groups is 3. The number of carbonyl (C=O) groups excluding carboxylic acids is 3. The molecule has 0 aromatic rings. The maximum absolute atomic E-state index is 10.2. The Morgan fingerprint density at radius 3 is 0.397 bits per heavy atom. The molecule has 12 N–H and O–H groups in total. The largest absolute Gasteiger partial charge is 0.550 e. The van der Waals surface area contributed by atoms with Gasteiger partial charge >= 0.3 is 0 Å². The molecule has 0 aromatic carbocycles.